The van der Waals surface area contributed by atoms with Crippen LogP contribution in [0.15, 0.2) is 11.6 Å². The van der Waals surface area contributed by atoms with Gasteiger partial charge in [0, 0.05) is 62.4 Å². The van der Waals surface area contributed by atoms with Crippen molar-refractivity contribution in [2.24, 2.45) is 53.3 Å². The van der Waals surface area contributed by atoms with E-state index in [2.05, 4.69) is 13.8 Å². The Morgan fingerprint density at radius 2 is 1.32 bits per heavy atom. The van der Waals surface area contributed by atoms with E-state index in [-0.39, 0.29) is 79.1 Å². The van der Waals surface area contributed by atoms with Crippen LogP contribution >= 0.6 is 0 Å². The van der Waals surface area contributed by atoms with Gasteiger partial charge in [-0.05, 0) is 76.0 Å². The number of allylic oxidation sites excluding steroid dienone is 1. The van der Waals surface area contributed by atoms with Gasteiger partial charge in [0.15, 0.2) is 11.6 Å². The Labute approximate surface area is 336 Å². The van der Waals surface area contributed by atoms with Crippen molar-refractivity contribution in [1.29, 1.82) is 0 Å². The molecule has 12 atom stereocenters. The van der Waals surface area contributed by atoms with Crippen LogP contribution in [0, 0.1) is 53.3 Å². The number of carbonyl (C=O) groups is 6. The average molecular weight is 791 g/mol. The molecule has 0 aromatic carbocycles. The lowest BCUT2D eigenvalue weighted by atomic mass is 9.69. The van der Waals surface area contributed by atoms with Gasteiger partial charge in [0.05, 0.1) is 24.7 Å². The van der Waals surface area contributed by atoms with Crippen molar-refractivity contribution >= 4 is 35.1 Å². The number of Topliss-reactive ketones (excluding diaryl/α,β-unsaturated/α-hetero) is 4. The minimum absolute atomic E-state index is 0.00122. The third kappa shape index (κ3) is 14.3. The van der Waals surface area contributed by atoms with Crippen molar-refractivity contribution in [2.45, 2.75) is 178 Å². The molecule has 1 N–H and O–H groups in total. The van der Waals surface area contributed by atoms with E-state index in [1.54, 1.807) is 26.8 Å². The summed E-state index contributed by atoms with van der Waals surface area (Å²) in [6.45, 7) is 23.8. The second-order valence-electron chi connectivity index (χ2n) is 18.0. The molecule has 56 heavy (non-hydrogen) atoms. The lowest BCUT2D eigenvalue weighted by Gasteiger charge is -2.51. The number of aliphatic hydroxyl groups excluding tert-OH is 1. The van der Waals surface area contributed by atoms with Crippen LogP contribution in [-0.4, -0.2) is 77.0 Å². The van der Waals surface area contributed by atoms with Gasteiger partial charge < -0.3 is 24.1 Å². The number of ether oxygens (including phenoxy) is 4. The van der Waals surface area contributed by atoms with Crippen LogP contribution in [0.1, 0.15) is 148 Å². The van der Waals surface area contributed by atoms with E-state index in [0.717, 1.165) is 0 Å². The van der Waals surface area contributed by atoms with Crippen LogP contribution < -0.4 is 0 Å². The van der Waals surface area contributed by atoms with Gasteiger partial charge in [0.1, 0.15) is 29.6 Å². The normalized spacial score (nSPS) is 26.8. The van der Waals surface area contributed by atoms with Crippen LogP contribution in [0.4, 0.5) is 0 Å². The summed E-state index contributed by atoms with van der Waals surface area (Å²) >= 11 is 0. The van der Waals surface area contributed by atoms with Crippen molar-refractivity contribution in [3.8, 4) is 0 Å². The van der Waals surface area contributed by atoms with Gasteiger partial charge >= 0.3 is 11.9 Å². The smallest absolute Gasteiger partial charge is 0.333 e. The first-order valence-electron chi connectivity index (χ1n) is 21.2. The second kappa shape index (κ2) is 22.4. The number of carbonyl (C=O) groups excluding carboxylic acids is 6. The van der Waals surface area contributed by atoms with E-state index in [0.29, 0.717) is 37.7 Å². The van der Waals surface area contributed by atoms with Crippen LogP contribution in [0.2, 0.25) is 0 Å². The molecule has 0 aromatic heterocycles. The third-order valence-corrected chi connectivity index (χ3v) is 11.6. The van der Waals surface area contributed by atoms with Gasteiger partial charge in [0.25, 0.3) is 0 Å². The summed E-state index contributed by atoms with van der Waals surface area (Å²) in [6, 6.07) is 0. The minimum Gasteiger partial charge on any atom is -0.463 e. The molecule has 2 aliphatic heterocycles. The quantitative estimate of drug-likeness (QED) is 0.0842. The summed E-state index contributed by atoms with van der Waals surface area (Å²) in [5, 5.41) is 10.8. The first kappa shape index (κ1) is 49.4. The van der Waals surface area contributed by atoms with Gasteiger partial charge in [-0.3, -0.25) is 24.0 Å². The molecule has 0 saturated carbocycles. The van der Waals surface area contributed by atoms with E-state index in [9.17, 15) is 33.9 Å². The molecule has 2 aliphatic rings. The standard InChI is InChI=1S/C45H74O11/c1-14-36(48)34(17-16-29(9)44(52)53-15-2)31(11)43(54-33(13)47)35(37(49)18-25(3)4)22-30(10)41(38(50)19-26(5)6)39-20-27(7)23-45(55-39)24-28(8)21-40(56-45)42(51)32(12)46/h16,25-28,30-31,34-35,39-43,51H,14-15,17-24H2,1-13H3/b29-16+/t27-,28+,30-,31-,34-,35+,39-,40-,41+,42-,43+,45+/m0/s1. The molecule has 0 amide bonds. The van der Waals surface area contributed by atoms with Crippen LogP contribution in [0.25, 0.3) is 0 Å². The number of hydrogen-bond donors (Lipinski definition) is 1. The maximum absolute atomic E-state index is 14.4. The molecule has 0 aromatic rings. The molecule has 0 radical (unpaired) electrons. The zero-order chi connectivity index (χ0) is 42.7. The van der Waals surface area contributed by atoms with Crippen molar-refractivity contribution in [1.82, 2.24) is 0 Å². The molecular formula is C45H74O11. The Balaban J connectivity index is 2.66. The SMILES string of the molecule is CCOC(=O)/C(C)=C/C[C@H](C(=O)CC)[C@H](C)[C@@H](OC(C)=O)[C@H](C[C@H](C)[C@H](C(=O)CC(C)C)[C@@H]1C[C@H](C)C[C@@]2(C[C@H](C)C[C@@H]([C@@H](O)C(C)=O)O2)O1)C(=O)CC(C)C. The highest BCUT2D eigenvalue weighted by molar-refractivity contribution is 5.88. The fraction of sp³-hybridized carbons (Fsp3) is 0.822. The summed E-state index contributed by atoms with van der Waals surface area (Å²) in [4.78, 5) is 79.9. The lowest BCUT2D eigenvalue weighted by molar-refractivity contribution is -0.341. The minimum atomic E-state index is -1.29. The topological polar surface area (TPSA) is 160 Å². The number of rotatable bonds is 22. The molecular weight excluding hydrogens is 716 g/mol. The molecule has 2 rings (SSSR count). The zero-order valence-electron chi connectivity index (χ0n) is 36.7. The summed E-state index contributed by atoms with van der Waals surface area (Å²) < 4.78 is 24.7. The Hall–Kier alpha value is -2.76. The van der Waals surface area contributed by atoms with E-state index >= 15 is 0 Å². The average Bonchev–Trinajstić information content (AvgIpc) is 3.07. The highest BCUT2D eigenvalue weighted by atomic mass is 16.7. The molecule has 2 fully saturated rings. The number of hydrogen-bond acceptors (Lipinski definition) is 11. The molecule has 320 valence electrons. The maximum Gasteiger partial charge on any atom is 0.333 e. The maximum atomic E-state index is 14.4. The number of aliphatic hydroxyl groups is 1. The Morgan fingerprint density at radius 3 is 1.82 bits per heavy atom. The molecule has 11 heteroatoms. The summed E-state index contributed by atoms with van der Waals surface area (Å²) in [6.07, 6.45) is 1.41. The lowest BCUT2D eigenvalue weighted by Crippen LogP contribution is -2.57. The van der Waals surface area contributed by atoms with Crippen LogP contribution in [0.3, 0.4) is 0 Å². The number of ketones is 4. The van der Waals surface area contributed by atoms with Gasteiger partial charge in [0.2, 0.25) is 0 Å². The second-order valence-corrected chi connectivity index (χ2v) is 18.0. The Bertz CT molecular complexity index is 1380. The van der Waals surface area contributed by atoms with E-state index in [4.69, 9.17) is 18.9 Å². The molecule has 2 heterocycles. The Morgan fingerprint density at radius 1 is 0.786 bits per heavy atom. The summed E-state index contributed by atoms with van der Waals surface area (Å²) in [5.74, 6) is -5.62. The fourth-order valence-corrected chi connectivity index (χ4v) is 9.14. The molecule has 1 spiro atoms. The highest BCUT2D eigenvalue weighted by Gasteiger charge is 2.52. The predicted molar refractivity (Wildman–Crippen MR) is 214 cm³/mol. The van der Waals surface area contributed by atoms with E-state index in [1.165, 1.54) is 13.8 Å². The van der Waals surface area contributed by atoms with Crippen molar-refractivity contribution < 1.29 is 52.8 Å². The van der Waals surface area contributed by atoms with Gasteiger partial charge in [-0.2, -0.15) is 0 Å². The third-order valence-electron chi connectivity index (χ3n) is 11.6. The highest BCUT2D eigenvalue weighted by Crippen LogP contribution is 2.47. The van der Waals surface area contributed by atoms with Crippen molar-refractivity contribution in [3.05, 3.63) is 11.6 Å². The predicted octanol–water partition coefficient (Wildman–Crippen LogP) is 7.81. The molecule has 2 saturated heterocycles. The molecule has 11 nitrogen and oxygen atoms in total. The zero-order valence-corrected chi connectivity index (χ0v) is 36.7. The largest absolute Gasteiger partial charge is 0.463 e. The van der Waals surface area contributed by atoms with E-state index < -0.39 is 71.7 Å². The molecule has 0 bridgehead atoms. The van der Waals surface area contributed by atoms with Crippen molar-refractivity contribution in [2.75, 3.05) is 6.61 Å². The summed E-state index contributed by atoms with van der Waals surface area (Å²) in [7, 11) is 0. The van der Waals surface area contributed by atoms with Crippen molar-refractivity contribution in [3.63, 3.8) is 0 Å². The Kier molecular flexibility index (Phi) is 19.8. The molecule has 0 aliphatic carbocycles. The monoisotopic (exact) mass is 791 g/mol. The first-order valence-corrected chi connectivity index (χ1v) is 21.2. The first-order chi connectivity index (χ1) is 26.1. The molecule has 0 unspecified atom stereocenters. The van der Waals surface area contributed by atoms with Gasteiger partial charge in [-0.15, -0.1) is 0 Å². The fourth-order valence-electron chi connectivity index (χ4n) is 9.14. The van der Waals surface area contributed by atoms with Gasteiger partial charge in [-0.1, -0.05) is 68.4 Å². The van der Waals surface area contributed by atoms with Crippen LogP contribution in [-0.2, 0) is 47.7 Å². The van der Waals surface area contributed by atoms with Gasteiger partial charge in [-0.25, -0.2) is 4.79 Å². The van der Waals surface area contributed by atoms with Crippen LogP contribution in [0.5, 0.6) is 0 Å². The summed E-state index contributed by atoms with van der Waals surface area (Å²) in [5.41, 5.74) is 0.363. The number of esters is 2. The van der Waals surface area contributed by atoms with E-state index in [1.807, 2.05) is 41.5 Å².